The maximum absolute atomic E-state index is 12.8. The van der Waals surface area contributed by atoms with Crippen molar-refractivity contribution < 1.29 is 37.6 Å². The minimum atomic E-state index is -4.41. The monoisotopic (exact) mass is 1170 g/mol. The van der Waals surface area contributed by atoms with Gasteiger partial charge in [-0.1, -0.05) is 274 Å². The Balaban J connectivity index is 4.00. The first-order valence-electron chi connectivity index (χ1n) is 32.6. The van der Waals surface area contributed by atoms with Gasteiger partial charge in [0.15, 0.2) is 6.10 Å². The average Bonchev–Trinajstić information content (AvgIpc) is 3.49. The molecule has 0 aliphatic carbocycles. The molecule has 0 rings (SSSR count). The first-order valence-corrected chi connectivity index (χ1v) is 34.1. The second-order valence-electron chi connectivity index (χ2n) is 20.9. The van der Waals surface area contributed by atoms with Gasteiger partial charge in [0, 0.05) is 19.4 Å². The molecule has 9 nitrogen and oxygen atoms in total. The van der Waals surface area contributed by atoms with Crippen molar-refractivity contribution >= 4 is 19.8 Å². The van der Waals surface area contributed by atoms with E-state index in [0.29, 0.717) is 12.8 Å². The largest absolute Gasteiger partial charge is 0.472 e. The molecule has 0 aliphatic rings. The topological polar surface area (TPSA) is 134 Å². The molecule has 0 aromatic rings. The molecule has 3 N–H and O–H groups in total. The molecule has 0 aromatic carbocycles. The Hall–Kier alpha value is -4.63. The van der Waals surface area contributed by atoms with E-state index in [1.54, 1.807) is 0 Å². The molecule has 0 fully saturated rings. The maximum Gasteiger partial charge on any atom is 0.472 e. The summed E-state index contributed by atoms with van der Waals surface area (Å²) >= 11 is 0. The van der Waals surface area contributed by atoms with Crippen LogP contribution in [0.3, 0.4) is 0 Å². The molecule has 0 heterocycles. The Kier molecular flexibility index (Phi) is 62.8. The second kappa shape index (κ2) is 66.5. The van der Waals surface area contributed by atoms with Crippen LogP contribution in [0.4, 0.5) is 0 Å². The molecule has 0 saturated carbocycles. The Morgan fingerprint density at radius 1 is 0.361 bits per heavy atom. The van der Waals surface area contributed by atoms with Gasteiger partial charge in [0.05, 0.1) is 13.2 Å². The number of phosphoric ester groups is 1. The van der Waals surface area contributed by atoms with Crippen LogP contribution in [0.5, 0.6) is 0 Å². The van der Waals surface area contributed by atoms with Gasteiger partial charge in [-0.3, -0.25) is 18.6 Å². The van der Waals surface area contributed by atoms with E-state index in [1.165, 1.54) is 51.4 Å². The molecular weight excluding hydrogens is 1050 g/mol. The quantitative estimate of drug-likeness (QED) is 0.0264. The summed E-state index contributed by atoms with van der Waals surface area (Å²) in [6.45, 7) is 3.48. The van der Waals surface area contributed by atoms with Crippen LogP contribution in [0.2, 0.25) is 0 Å². The molecular formula is C73H118NO8P. The van der Waals surface area contributed by atoms with E-state index < -0.39 is 32.5 Å². The van der Waals surface area contributed by atoms with Crippen molar-refractivity contribution in [1.29, 1.82) is 0 Å². The van der Waals surface area contributed by atoms with Gasteiger partial charge < -0.3 is 20.1 Å². The fraction of sp³-hybridized carbons (Fsp3) is 0.589. The Morgan fingerprint density at radius 3 is 0.928 bits per heavy atom. The molecule has 0 aliphatic heterocycles. The van der Waals surface area contributed by atoms with Crippen LogP contribution in [0.15, 0.2) is 170 Å². The van der Waals surface area contributed by atoms with Gasteiger partial charge in [-0.05, 0) is 128 Å². The standard InChI is InChI=1S/C73H118NO8P/c1-3-5-7-9-11-13-15-17-19-21-23-25-27-29-30-31-32-33-34-35-36-37-38-39-40-42-44-46-48-50-52-54-56-58-60-62-64-66-73(76)82-71(70-81-83(77,78)80-68-67-74)69-79-72(75)65-63-61-59-57-55-53-51-49-47-45-43-41-28-26-24-22-20-18-16-14-12-10-8-6-4-2/h5-8,11-14,17-20,23-26,29-30,32-33,35-36,38-39,41,43,47,49,71H,3-4,9-10,15-16,21-22,27-28,31,34,37,40,42,44-46,48,50-70,74H2,1-2H3,(H,77,78)/b7-5-,8-6-,13-11-,14-12-,19-17-,20-18-,25-23-,26-24-,30-29-,33-32-,36-35-,39-38-,43-41-,49-47-. The lowest BCUT2D eigenvalue weighted by Crippen LogP contribution is -2.29. The molecule has 0 amide bonds. The zero-order valence-corrected chi connectivity index (χ0v) is 53.3. The minimum Gasteiger partial charge on any atom is -0.462 e. The van der Waals surface area contributed by atoms with Crippen LogP contribution in [0.25, 0.3) is 0 Å². The van der Waals surface area contributed by atoms with Gasteiger partial charge in [0.1, 0.15) is 6.61 Å². The predicted molar refractivity (Wildman–Crippen MR) is 357 cm³/mol. The third-order valence-electron chi connectivity index (χ3n) is 13.1. The van der Waals surface area contributed by atoms with E-state index in [0.717, 1.165) is 154 Å². The predicted octanol–water partition coefficient (Wildman–Crippen LogP) is 21.4. The zero-order chi connectivity index (χ0) is 60.1. The summed E-state index contributed by atoms with van der Waals surface area (Å²) in [5.74, 6) is -0.856. The van der Waals surface area contributed by atoms with Gasteiger partial charge >= 0.3 is 19.8 Å². The summed E-state index contributed by atoms with van der Waals surface area (Å²) in [5.41, 5.74) is 5.39. The Bertz CT molecular complexity index is 1960. The SMILES string of the molecule is CC/C=C\C/C=C\C/C=C\C/C=C\C/C=C\C/C=C\C/C=C\C/C=C\CCCCCCCCCCCCCCC(=O)OC(COC(=O)CCCCCCCC/C=C\C/C=C\C/C=C\C/C=C\C/C=C\C/C=C\CC)COP(=O)(O)OCCN. The van der Waals surface area contributed by atoms with Crippen molar-refractivity contribution in [2.75, 3.05) is 26.4 Å². The molecule has 0 bridgehead atoms. The lowest BCUT2D eigenvalue weighted by Gasteiger charge is -2.19. The Labute approximate surface area is 508 Å². The van der Waals surface area contributed by atoms with Crippen LogP contribution in [0, 0.1) is 0 Å². The molecule has 83 heavy (non-hydrogen) atoms. The first kappa shape index (κ1) is 78.4. The third kappa shape index (κ3) is 66.4. The van der Waals surface area contributed by atoms with Gasteiger partial charge in [-0.25, -0.2) is 4.57 Å². The maximum atomic E-state index is 12.8. The first-order chi connectivity index (χ1) is 40.8. The number of hydrogen-bond donors (Lipinski definition) is 2. The summed E-state index contributed by atoms with van der Waals surface area (Å²) in [4.78, 5) is 35.3. The van der Waals surface area contributed by atoms with Gasteiger partial charge in [0.2, 0.25) is 0 Å². The van der Waals surface area contributed by atoms with Gasteiger partial charge in [-0.2, -0.15) is 0 Å². The molecule has 0 aromatic heterocycles. The summed E-state index contributed by atoms with van der Waals surface area (Å²) < 4.78 is 33.1. The van der Waals surface area contributed by atoms with Crippen LogP contribution >= 0.6 is 7.82 Å². The number of nitrogens with two attached hydrogens (primary N) is 1. The number of allylic oxidation sites excluding steroid dienone is 28. The number of hydrogen-bond acceptors (Lipinski definition) is 8. The van der Waals surface area contributed by atoms with Crippen molar-refractivity contribution in [2.45, 2.75) is 251 Å². The van der Waals surface area contributed by atoms with Gasteiger partial charge in [0.25, 0.3) is 0 Å². The molecule has 10 heteroatoms. The number of unbranched alkanes of at least 4 members (excludes halogenated alkanes) is 18. The molecule has 0 spiro atoms. The van der Waals surface area contributed by atoms with E-state index in [2.05, 4.69) is 184 Å². The summed E-state index contributed by atoms with van der Waals surface area (Å²) in [6, 6.07) is 0. The van der Waals surface area contributed by atoms with Crippen LogP contribution in [-0.4, -0.2) is 49.3 Å². The fourth-order valence-electron chi connectivity index (χ4n) is 8.36. The molecule has 2 atom stereocenters. The highest BCUT2D eigenvalue weighted by molar-refractivity contribution is 7.47. The lowest BCUT2D eigenvalue weighted by atomic mass is 10.0. The van der Waals surface area contributed by atoms with Crippen LogP contribution in [-0.2, 0) is 32.7 Å². The molecule has 0 radical (unpaired) electrons. The molecule has 0 saturated heterocycles. The van der Waals surface area contributed by atoms with Crippen molar-refractivity contribution in [3.63, 3.8) is 0 Å². The van der Waals surface area contributed by atoms with Crippen LogP contribution in [0.1, 0.15) is 245 Å². The van der Waals surface area contributed by atoms with Gasteiger partial charge in [-0.15, -0.1) is 0 Å². The average molecular weight is 1170 g/mol. The van der Waals surface area contributed by atoms with E-state index in [9.17, 15) is 19.0 Å². The fourth-order valence-corrected chi connectivity index (χ4v) is 9.13. The van der Waals surface area contributed by atoms with E-state index >= 15 is 0 Å². The number of carbonyl (C=O) groups is 2. The second-order valence-corrected chi connectivity index (χ2v) is 22.3. The summed E-state index contributed by atoms with van der Waals surface area (Å²) in [6.07, 6.45) is 98.5. The smallest absolute Gasteiger partial charge is 0.462 e. The van der Waals surface area contributed by atoms with Crippen molar-refractivity contribution in [1.82, 2.24) is 0 Å². The van der Waals surface area contributed by atoms with Crippen molar-refractivity contribution in [3.8, 4) is 0 Å². The highest BCUT2D eigenvalue weighted by atomic mass is 31.2. The normalized spacial score (nSPS) is 14.1. The summed E-state index contributed by atoms with van der Waals surface area (Å²) in [7, 11) is -4.41. The lowest BCUT2D eigenvalue weighted by molar-refractivity contribution is -0.161. The van der Waals surface area contributed by atoms with Crippen molar-refractivity contribution in [2.24, 2.45) is 5.73 Å². The third-order valence-corrected chi connectivity index (χ3v) is 14.1. The van der Waals surface area contributed by atoms with E-state index in [-0.39, 0.29) is 32.6 Å². The van der Waals surface area contributed by atoms with Crippen molar-refractivity contribution in [3.05, 3.63) is 170 Å². The number of carbonyl (C=O) groups excluding carboxylic acids is 2. The highest BCUT2D eigenvalue weighted by Gasteiger charge is 2.26. The summed E-state index contributed by atoms with van der Waals surface area (Å²) in [5, 5.41) is 0. The van der Waals surface area contributed by atoms with Crippen LogP contribution < -0.4 is 5.73 Å². The zero-order valence-electron chi connectivity index (χ0n) is 52.4. The molecule has 2 unspecified atom stereocenters. The molecule has 468 valence electrons. The minimum absolute atomic E-state index is 0.0423. The Morgan fingerprint density at radius 2 is 0.627 bits per heavy atom. The number of rotatable bonds is 59. The van der Waals surface area contributed by atoms with E-state index in [4.69, 9.17) is 24.3 Å². The van der Waals surface area contributed by atoms with E-state index in [1.807, 2.05) is 0 Å². The number of ether oxygens (including phenoxy) is 2. The highest BCUT2D eigenvalue weighted by Crippen LogP contribution is 2.43. The number of esters is 2. The number of phosphoric acid groups is 1.